The van der Waals surface area contributed by atoms with Crippen molar-refractivity contribution < 1.29 is 9.90 Å². The molecule has 0 radical (unpaired) electrons. The maximum absolute atomic E-state index is 12.3. The second kappa shape index (κ2) is 4.35. The van der Waals surface area contributed by atoms with E-state index >= 15 is 0 Å². The molecule has 0 aliphatic carbocycles. The van der Waals surface area contributed by atoms with Gasteiger partial charge in [-0.05, 0) is 24.6 Å². The van der Waals surface area contributed by atoms with Crippen molar-refractivity contribution in [1.29, 1.82) is 0 Å². The van der Waals surface area contributed by atoms with Crippen molar-refractivity contribution in [2.24, 2.45) is 0 Å². The summed E-state index contributed by atoms with van der Waals surface area (Å²) in [6.45, 7) is 2.90. The third kappa shape index (κ3) is 2.10. The largest absolute Gasteiger partial charge is 0.386 e. The Balaban J connectivity index is 1.74. The van der Waals surface area contributed by atoms with Gasteiger partial charge in [0.1, 0.15) is 0 Å². The van der Waals surface area contributed by atoms with E-state index in [0.717, 1.165) is 23.9 Å². The minimum absolute atomic E-state index is 0.0303. The predicted octanol–water partition coefficient (Wildman–Crippen LogP) is 1.55. The fraction of sp³-hybridized carbons (Fsp3) is 0.429. The molecule has 2 heterocycles. The van der Waals surface area contributed by atoms with E-state index in [1.807, 2.05) is 19.1 Å². The van der Waals surface area contributed by atoms with Crippen LogP contribution in [0.1, 0.15) is 30.1 Å². The first kappa shape index (κ1) is 12.2. The van der Waals surface area contributed by atoms with Crippen LogP contribution in [0.5, 0.6) is 0 Å². The molecule has 0 bridgehead atoms. The van der Waals surface area contributed by atoms with Crippen LogP contribution in [0.4, 0.5) is 0 Å². The Labute approximate surface area is 111 Å². The van der Waals surface area contributed by atoms with Crippen molar-refractivity contribution in [3.05, 3.63) is 30.1 Å². The van der Waals surface area contributed by atoms with Gasteiger partial charge in [0, 0.05) is 5.56 Å². The molecule has 1 aromatic heterocycles. The topological polar surface area (TPSA) is 69.2 Å². The van der Waals surface area contributed by atoms with Crippen LogP contribution in [0.3, 0.4) is 0 Å². The lowest BCUT2D eigenvalue weighted by Gasteiger charge is -2.46. The molecule has 100 valence electrons. The van der Waals surface area contributed by atoms with Gasteiger partial charge in [0.05, 0.1) is 36.1 Å². The minimum Gasteiger partial charge on any atom is -0.386 e. The number of hydrogen-bond acceptors (Lipinski definition) is 3. The van der Waals surface area contributed by atoms with E-state index in [2.05, 4.69) is 9.97 Å². The Kier molecular flexibility index (Phi) is 2.78. The number of carbonyl (C=O) groups is 1. The van der Waals surface area contributed by atoms with Gasteiger partial charge in [-0.1, -0.05) is 13.3 Å². The lowest BCUT2D eigenvalue weighted by atomic mass is 9.89. The third-order valence-electron chi connectivity index (χ3n) is 3.64. The first-order valence-corrected chi connectivity index (χ1v) is 6.56. The average Bonchev–Trinajstić information content (AvgIpc) is 2.82. The monoisotopic (exact) mass is 259 g/mol. The highest BCUT2D eigenvalue weighted by Crippen LogP contribution is 2.27. The number of rotatable bonds is 3. The summed E-state index contributed by atoms with van der Waals surface area (Å²) in [7, 11) is 0. The van der Waals surface area contributed by atoms with Gasteiger partial charge in [0.25, 0.3) is 5.91 Å². The zero-order chi connectivity index (χ0) is 13.5. The van der Waals surface area contributed by atoms with Crippen LogP contribution < -0.4 is 0 Å². The molecule has 0 spiro atoms. The summed E-state index contributed by atoms with van der Waals surface area (Å²) in [4.78, 5) is 21.1. The van der Waals surface area contributed by atoms with Gasteiger partial charge in [-0.15, -0.1) is 0 Å². The summed E-state index contributed by atoms with van der Waals surface area (Å²) >= 11 is 0. The van der Waals surface area contributed by atoms with Crippen LogP contribution in [0.2, 0.25) is 0 Å². The van der Waals surface area contributed by atoms with E-state index in [0.29, 0.717) is 18.7 Å². The highest BCUT2D eigenvalue weighted by Gasteiger charge is 2.42. The average molecular weight is 259 g/mol. The maximum atomic E-state index is 12.3. The van der Waals surface area contributed by atoms with Crippen LogP contribution in [-0.2, 0) is 0 Å². The highest BCUT2D eigenvalue weighted by atomic mass is 16.3. The Morgan fingerprint density at radius 2 is 2.32 bits per heavy atom. The van der Waals surface area contributed by atoms with Crippen molar-refractivity contribution in [2.75, 3.05) is 13.1 Å². The van der Waals surface area contributed by atoms with Gasteiger partial charge in [-0.25, -0.2) is 4.98 Å². The zero-order valence-electron chi connectivity index (χ0n) is 10.9. The summed E-state index contributed by atoms with van der Waals surface area (Å²) in [5.41, 5.74) is 1.66. The van der Waals surface area contributed by atoms with Gasteiger partial charge in [-0.2, -0.15) is 0 Å². The quantitative estimate of drug-likeness (QED) is 0.878. The number of aromatic amines is 1. The number of nitrogens with one attached hydrogen (secondary N) is 1. The molecular weight excluding hydrogens is 242 g/mol. The lowest BCUT2D eigenvalue weighted by molar-refractivity contribution is -0.0860. The van der Waals surface area contributed by atoms with Gasteiger partial charge in [0.15, 0.2) is 0 Å². The number of carbonyl (C=O) groups excluding carboxylic acids is 1. The summed E-state index contributed by atoms with van der Waals surface area (Å²) in [6.07, 6.45) is 3.29. The van der Waals surface area contributed by atoms with Crippen molar-refractivity contribution in [3.63, 3.8) is 0 Å². The molecule has 0 saturated carbocycles. The number of fused-ring (bicyclic) bond motifs is 1. The fourth-order valence-electron chi connectivity index (χ4n) is 2.68. The normalized spacial score (nSPS) is 17.5. The lowest BCUT2D eigenvalue weighted by Crippen LogP contribution is -2.63. The first-order valence-electron chi connectivity index (χ1n) is 6.56. The molecule has 1 amide bonds. The smallest absolute Gasteiger partial charge is 0.254 e. The van der Waals surface area contributed by atoms with Crippen LogP contribution in [0.25, 0.3) is 11.0 Å². The summed E-state index contributed by atoms with van der Waals surface area (Å²) in [6, 6.07) is 5.42. The molecule has 1 aliphatic heterocycles. The van der Waals surface area contributed by atoms with E-state index in [1.165, 1.54) is 0 Å². The van der Waals surface area contributed by atoms with Gasteiger partial charge >= 0.3 is 0 Å². The van der Waals surface area contributed by atoms with Crippen molar-refractivity contribution >= 4 is 16.9 Å². The molecule has 1 fully saturated rings. The van der Waals surface area contributed by atoms with E-state index in [1.54, 1.807) is 17.3 Å². The van der Waals surface area contributed by atoms with Gasteiger partial charge in [0.2, 0.25) is 0 Å². The molecule has 1 aromatic carbocycles. The van der Waals surface area contributed by atoms with Crippen LogP contribution >= 0.6 is 0 Å². The molecular formula is C14H17N3O2. The number of amides is 1. The van der Waals surface area contributed by atoms with Crippen LogP contribution in [0, 0.1) is 0 Å². The zero-order valence-corrected chi connectivity index (χ0v) is 10.9. The summed E-state index contributed by atoms with van der Waals surface area (Å²) < 4.78 is 0. The Morgan fingerprint density at radius 3 is 3.05 bits per heavy atom. The van der Waals surface area contributed by atoms with E-state index in [4.69, 9.17) is 0 Å². The van der Waals surface area contributed by atoms with E-state index < -0.39 is 5.60 Å². The number of likely N-dealkylation sites (tertiary alicyclic amines) is 1. The summed E-state index contributed by atoms with van der Waals surface area (Å²) in [5.74, 6) is -0.0303. The van der Waals surface area contributed by atoms with E-state index in [9.17, 15) is 9.90 Å². The molecule has 1 saturated heterocycles. The first-order chi connectivity index (χ1) is 9.11. The molecule has 3 rings (SSSR count). The van der Waals surface area contributed by atoms with Crippen molar-refractivity contribution in [3.8, 4) is 0 Å². The van der Waals surface area contributed by atoms with Gasteiger partial charge in [-0.3, -0.25) is 4.79 Å². The molecule has 0 unspecified atom stereocenters. The van der Waals surface area contributed by atoms with Crippen molar-refractivity contribution in [2.45, 2.75) is 25.4 Å². The number of H-pyrrole nitrogens is 1. The number of aliphatic hydroxyl groups is 1. The number of hydrogen-bond donors (Lipinski definition) is 2. The number of aromatic nitrogens is 2. The second-order valence-corrected chi connectivity index (χ2v) is 5.27. The molecule has 0 atom stereocenters. The van der Waals surface area contributed by atoms with E-state index in [-0.39, 0.29) is 5.91 Å². The highest BCUT2D eigenvalue weighted by molar-refractivity contribution is 5.97. The third-order valence-corrected chi connectivity index (χ3v) is 3.64. The number of β-amino-alcohol motifs (C(OH)–C–C–N with tert-alkyl or cyclic N) is 1. The standard InChI is InChI=1S/C14H17N3O2/c1-2-5-14(19)7-17(8-14)13(18)10-3-4-11-12(6-10)16-9-15-11/h3-4,6,9,19H,2,5,7-8H2,1H3,(H,15,16). The molecule has 2 N–H and O–H groups in total. The Morgan fingerprint density at radius 1 is 1.53 bits per heavy atom. The SMILES string of the molecule is CCCC1(O)CN(C(=O)c2ccc3nc[nH]c3c2)C1. The second-order valence-electron chi connectivity index (χ2n) is 5.27. The van der Waals surface area contributed by atoms with Crippen LogP contribution in [0.15, 0.2) is 24.5 Å². The molecule has 5 nitrogen and oxygen atoms in total. The number of benzene rings is 1. The maximum Gasteiger partial charge on any atom is 0.254 e. The predicted molar refractivity (Wildman–Crippen MR) is 71.9 cm³/mol. The molecule has 1 aliphatic rings. The summed E-state index contributed by atoms with van der Waals surface area (Å²) in [5, 5.41) is 10.1. The molecule has 19 heavy (non-hydrogen) atoms. The Bertz CT molecular complexity index is 614. The fourth-order valence-corrected chi connectivity index (χ4v) is 2.68. The number of nitrogens with zero attached hydrogens (tertiary/aromatic N) is 2. The Hall–Kier alpha value is -1.88. The van der Waals surface area contributed by atoms with Gasteiger partial charge < -0.3 is 15.0 Å². The molecule has 5 heteroatoms. The number of imidazole rings is 1. The molecule has 2 aromatic rings. The van der Waals surface area contributed by atoms with Crippen LogP contribution in [-0.4, -0.2) is 44.6 Å². The van der Waals surface area contributed by atoms with Crippen molar-refractivity contribution in [1.82, 2.24) is 14.9 Å². The minimum atomic E-state index is -0.678.